The lowest BCUT2D eigenvalue weighted by atomic mass is 10.2. The number of benzene rings is 2. The molecule has 0 bridgehead atoms. The molecule has 0 aliphatic rings. The molecule has 0 aliphatic carbocycles. The van der Waals surface area contributed by atoms with Crippen molar-refractivity contribution in [2.45, 2.75) is 38.9 Å². The molecule has 8 heteroatoms. The van der Waals surface area contributed by atoms with Crippen molar-refractivity contribution in [3.05, 3.63) is 103 Å². The smallest absolute Gasteiger partial charge is 0.331 e. The fourth-order valence-corrected chi connectivity index (χ4v) is 4.43. The van der Waals surface area contributed by atoms with Gasteiger partial charge in [-0.15, -0.1) is 11.3 Å². The first kappa shape index (κ1) is 22.7. The summed E-state index contributed by atoms with van der Waals surface area (Å²) in [5.74, 6) is -0.437. The number of unbranched alkanes of at least 4 members (excludes halogenated alkanes) is 1. The van der Waals surface area contributed by atoms with Crippen LogP contribution in [0.1, 0.15) is 29.7 Å². The van der Waals surface area contributed by atoms with Gasteiger partial charge in [-0.1, -0.05) is 30.3 Å². The van der Waals surface area contributed by atoms with Gasteiger partial charge in [0.15, 0.2) is 0 Å². The average molecular weight is 466 g/mol. The lowest BCUT2D eigenvalue weighted by molar-refractivity contribution is -0.121. The third-order valence-corrected chi connectivity index (χ3v) is 6.31. The average Bonchev–Trinajstić information content (AvgIpc) is 3.34. The van der Waals surface area contributed by atoms with E-state index in [9.17, 15) is 18.8 Å². The molecule has 2 heterocycles. The number of nitrogens with one attached hydrogen (secondary N) is 1. The molecule has 0 unspecified atom stereocenters. The largest absolute Gasteiger partial charge is 0.351 e. The second kappa shape index (κ2) is 10.4. The molecule has 4 rings (SSSR count). The number of thiophene rings is 1. The molecule has 1 amide bonds. The topological polar surface area (TPSA) is 73.1 Å². The van der Waals surface area contributed by atoms with Crippen LogP contribution in [0.4, 0.5) is 4.39 Å². The van der Waals surface area contributed by atoms with Gasteiger partial charge in [0.05, 0.1) is 24.0 Å². The number of fused-ring (bicyclic) bond motifs is 1. The van der Waals surface area contributed by atoms with Crippen molar-refractivity contribution in [3.8, 4) is 0 Å². The number of carbonyl (C=O) groups excluding carboxylic acids is 1. The molecule has 33 heavy (non-hydrogen) atoms. The van der Waals surface area contributed by atoms with Crippen LogP contribution in [0.25, 0.3) is 10.9 Å². The van der Waals surface area contributed by atoms with Gasteiger partial charge in [-0.25, -0.2) is 9.18 Å². The highest BCUT2D eigenvalue weighted by atomic mass is 32.1. The number of amides is 1. The molecule has 6 nitrogen and oxygen atoms in total. The highest BCUT2D eigenvalue weighted by Crippen LogP contribution is 2.12. The molecular formula is C25H24FN3O3S. The lowest BCUT2D eigenvalue weighted by Crippen LogP contribution is -2.40. The van der Waals surface area contributed by atoms with Crippen LogP contribution in [0.15, 0.2) is 75.6 Å². The van der Waals surface area contributed by atoms with E-state index >= 15 is 0 Å². The fourth-order valence-electron chi connectivity index (χ4n) is 3.78. The van der Waals surface area contributed by atoms with E-state index in [0.29, 0.717) is 42.3 Å². The van der Waals surface area contributed by atoms with Crippen LogP contribution in [-0.2, 0) is 24.4 Å². The summed E-state index contributed by atoms with van der Waals surface area (Å²) in [7, 11) is 0. The normalized spacial score (nSPS) is 11.1. The molecule has 0 radical (unpaired) electrons. The summed E-state index contributed by atoms with van der Waals surface area (Å²) in [5, 5.41) is 5.27. The first-order valence-electron chi connectivity index (χ1n) is 10.8. The van der Waals surface area contributed by atoms with Crippen molar-refractivity contribution in [1.29, 1.82) is 0 Å². The number of halogens is 1. The minimum atomic E-state index is -0.440. The molecule has 0 spiro atoms. The summed E-state index contributed by atoms with van der Waals surface area (Å²) in [5.41, 5.74) is 0.356. The third-order valence-electron chi connectivity index (χ3n) is 5.44. The molecule has 0 saturated carbocycles. The van der Waals surface area contributed by atoms with Crippen molar-refractivity contribution >= 4 is 28.1 Å². The predicted molar refractivity (Wildman–Crippen MR) is 128 cm³/mol. The zero-order valence-electron chi connectivity index (χ0n) is 18.0. The van der Waals surface area contributed by atoms with Crippen molar-refractivity contribution in [3.63, 3.8) is 0 Å². The Morgan fingerprint density at radius 3 is 2.61 bits per heavy atom. The van der Waals surface area contributed by atoms with Crippen molar-refractivity contribution in [2.75, 3.05) is 0 Å². The van der Waals surface area contributed by atoms with Gasteiger partial charge in [0.25, 0.3) is 5.56 Å². The summed E-state index contributed by atoms with van der Waals surface area (Å²) >= 11 is 1.59. The Hall–Kier alpha value is -3.52. The van der Waals surface area contributed by atoms with Crippen LogP contribution in [0.5, 0.6) is 0 Å². The Kier molecular flexibility index (Phi) is 7.14. The Bertz CT molecular complexity index is 1380. The second-order valence-electron chi connectivity index (χ2n) is 7.79. The van der Waals surface area contributed by atoms with E-state index in [1.165, 1.54) is 21.3 Å². The Morgan fingerprint density at radius 1 is 0.970 bits per heavy atom. The van der Waals surface area contributed by atoms with E-state index in [2.05, 4.69) is 5.32 Å². The Morgan fingerprint density at radius 2 is 1.82 bits per heavy atom. The van der Waals surface area contributed by atoms with E-state index in [1.807, 2.05) is 17.5 Å². The summed E-state index contributed by atoms with van der Waals surface area (Å²) < 4.78 is 16.4. The van der Waals surface area contributed by atoms with E-state index in [-0.39, 0.29) is 30.4 Å². The first-order valence-corrected chi connectivity index (χ1v) is 11.7. The van der Waals surface area contributed by atoms with Crippen molar-refractivity contribution in [1.82, 2.24) is 14.5 Å². The fraction of sp³-hybridized carbons (Fsp3) is 0.240. The molecule has 0 fully saturated rings. The number of para-hydroxylation sites is 1. The predicted octanol–water partition coefficient (Wildman–Crippen LogP) is 3.90. The third kappa shape index (κ3) is 5.46. The summed E-state index contributed by atoms with van der Waals surface area (Å²) in [6, 6.07) is 16.9. The number of nitrogens with zero attached hydrogens (tertiary/aromatic N) is 2. The maximum Gasteiger partial charge on any atom is 0.331 e. The standard InChI is InChI=1S/C25H24FN3O3S/c26-19-8-5-7-18(15-19)17-29-22-11-2-1-10-21(22)24(31)28(25(29)32)13-4-3-12-23(30)27-16-20-9-6-14-33-20/h1-2,5-11,14-15H,3-4,12-13,16-17H2,(H,27,30). The van der Waals surface area contributed by atoms with Gasteiger partial charge >= 0.3 is 5.69 Å². The molecule has 4 aromatic rings. The monoisotopic (exact) mass is 465 g/mol. The quantitative estimate of drug-likeness (QED) is 0.381. The molecule has 2 aromatic carbocycles. The Balaban J connectivity index is 1.48. The maximum absolute atomic E-state index is 13.7. The summed E-state index contributed by atoms with van der Waals surface area (Å²) in [6.07, 6.45) is 1.39. The number of aromatic nitrogens is 2. The number of hydrogen-bond donors (Lipinski definition) is 1. The van der Waals surface area contributed by atoms with Gasteiger partial charge in [-0.05, 0) is 54.1 Å². The van der Waals surface area contributed by atoms with E-state index in [4.69, 9.17) is 0 Å². The highest BCUT2D eigenvalue weighted by Gasteiger charge is 2.13. The molecule has 170 valence electrons. The van der Waals surface area contributed by atoms with Gasteiger partial charge in [0, 0.05) is 17.8 Å². The molecule has 0 saturated heterocycles. The molecule has 0 aliphatic heterocycles. The summed E-state index contributed by atoms with van der Waals surface area (Å²) in [6.45, 7) is 0.873. The van der Waals surface area contributed by atoms with Crippen LogP contribution >= 0.6 is 11.3 Å². The number of rotatable bonds is 9. The van der Waals surface area contributed by atoms with Crippen LogP contribution < -0.4 is 16.6 Å². The maximum atomic E-state index is 13.7. The zero-order valence-corrected chi connectivity index (χ0v) is 18.8. The zero-order chi connectivity index (χ0) is 23.2. The van der Waals surface area contributed by atoms with E-state index in [1.54, 1.807) is 47.7 Å². The van der Waals surface area contributed by atoms with Gasteiger partial charge in [-0.2, -0.15) is 0 Å². The first-order chi connectivity index (χ1) is 16.0. The minimum Gasteiger partial charge on any atom is -0.351 e. The highest BCUT2D eigenvalue weighted by molar-refractivity contribution is 7.09. The molecule has 2 aromatic heterocycles. The van der Waals surface area contributed by atoms with Crippen LogP contribution in [0.3, 0.4) is 0 Å². The van der Waals surface area contributed by atoms with Crippen LogP contribution in [0, 0.1) is 5.82 Å². The van der Waals surface area contributed by atoms with Gasteiger partial charge in [0.1, 0.15) is 5.82 Å². The molecular weight excluding hydrogens is 441 g/mol. The molecule has 1 N–H and O–H groups in total. The van der Waals surface area contributed by atoms with E-state index in [0.717, 1.165) is 4.88 Å². The van der Waals surface area contributed by atoms with Crippen LogP contribution in [-0.4, -0.2) is 15.0 Å². The van der Waals surface area contributed by atoms with Gasteiger partial charge in [0.2, 0.25) is 5.91 Å². The minimum absolute atomic E-state index is 0.0576. The second-order valence-corrected chi connectivity index (χ2v) is 8.82. The van der Waals surface area contributed by atoms with Gasteiger partial charge < -0.3 is 5.32 Å². The van der Waals surface area contributed by atoms with E-state index < -0.39 is 5.69 Å². The Labute approximate surface area is 193 Å². The SMILES string of the molecule is O=C(CCCCn1c(=O)c2ccccc2n(Cc2cccc(F)c2)c1=O)NCc1cccs1. The number of hydrogen-bond acceptors (Lipinski definition) is 4. The molecule has 0 atom stereocenters. The van der Waals surface area contributed by atoms with Crippen molar-refractivity contribution < 1.29 is 9.18 Å². The number of carbonyl (C=O) groups is 1. The van der Waals surface area contributed by atoms with Gasteiger partial charge in [-0.3, -0.25) is 18.7 Å². The van der Waals surface area contributed by atoms with Crippen LogP contribution in [0.2, 0.25) is 0 Å². The summed E-state index contributed by atoms with van der Waals surface area (Å²) in [4.78, 5) is 39.3. The lowest BCUT2D eigenvalue weighted by Gasteiger charge is -2.14. The van der Waals surface area contributed by atoms with Crippen molar-refractivity contribution in [2.24, 2.45) is 0 Å².